The van der Waals surface area contributed by atoms with Crippen LogP contribution < -0.4 is 16.0 Å². The smallest absolute Gasteiger partial charge is 0.258 e. The van der Waals surface area contributed by atoms with Crippen molar-refractivity contribution in [1.82, 2.24) is 5.32 Å². The number of aryl methyl sites for hydroxylation is 1. The Kier molecular flexibility index (Phi) is 7.45. The van der Waals surface area contributed by atoms with Gasteiger partial charge in [0.2, 0.25) is 0 Å². The zero-order valence-corrected chi connectivity index (χ0v) is 16.9. The molecule has 1 amide bonds. The molecule has 4 nitrogen and oxygen atoms in total. The zero-order valence-electron chi connectivity index (χ0n) is 16.1. The maximum Gasteiger partial charge on any atom is 0.258 e. The van der Waals surface area contributed by atoms with Crippen molar-refractivity contribution in [3.05, 3.63) is 95.6 Å². The summed E-state index contributed by atoms with van der Waals surface area (Å²) in [5.41, 5.74) is 2.37. The minimum absolute atomic E-state index is 0.00860. The third kappa shape index (κ3) is 6.35. The molecule has 30 heavy (non-hydrogen) atoms. The van der Waals surface area contributed by atoms with Gasteiger partial charge in [-0.3, -0.25) is 4.79 Å². The molecular formula is C23H21F2N3OS. The average molecular weight is 426 g/mol. The van der Waals surface area contributed by atoms with Gasteiger partial charge in [0.1, 0.15) is 11.6 Å². The summed E-state index contributed by atoms with van der Waals surface area (Å²) in [5.74, 6) is -1.31. The Morgan fingerprint density at radius 1 is 0.833 bits per heavy atom. The Bertz CT molecular complexity index is 1010. The maximum absolute atomic E-state index is 13.7. The van der Waals surface area contributed by atoms with Crippen LogP contribution in [-0.2, 0) is 6.42 Å². The molecule has 0 bridgehead atoms. The van der Waals surface area contributed by atoms with Crippen molar-refractivity contribution in [2.24, 2.45) is 0 Å². The van der Waals surface area contributed by atoms with E-state index < -0.39 is 11.7 Å². The van der Waals surface area contributed by atoms with Crippen LogP contribution in [-0.4, -0.2) is 17.6 Å². The average Bonchev–Trinajstić information content (AvgIpc) is 2.74. The molecule has 0 radical (unpaired) electrons. The van der Waals surface area contributed by atoms with Crippen molar-refractivity contribution in [2.75, 3.05) is 17.2 Å². The Morgan fingerprint density at radius 3 is 2.13 bits per heavy atom. The zero-order chi connectivity index (χ0) is 21.3. The van der Waals surface area contributed by atoms with Crippen molar-refractivity contribution in [1.29, 1.82) is 0 Å². The number of thiocarbonyl (C=S) groups is 1. The highest BCUT2D eigenvalue weighted by molar-refractivity contribution is 7.80. The van der Waals surface area contributed by atoms with E-state index in [-0.39, 0.29) is 11.4 Å². The van der Waals surface area contributed by atoms with Gasteiger partial charge in [-0.15, -0.1) is 0 Å². The van der Waals surface area contributed by atoms with Gasteiger partial charge in [0.05, 0.1) is 5.56 Å². The molecule has 3 aromatic rings. The van der Waals surface area contributed by atoms with E-state index in [1.54, 1.807) is 42.5 Å². The summed E-state index contributed by atoms with van der Waals surface area (Å²) in [5, 5.41) is 9.33. The number of carbonyl (C=O) groups is 1. The number of carbonyl (C=O) groups excluding carboxylic acids is 1. The topological polar surface area (TPSA) is 53.2 Å². The molecule has 0 aliphatic carbocycles. The van der Waals surface area contributed by atoms with E-state index in [9.17, 15) is 13.6 Å². The largest absolute Gasteiger partial charge is 0.362 e. The second-order valence-corrected chi connectivity index (χ2v) is 7.03. The lowest BCUT2D eigenvalue weighted by Gasteiger charge is -2.11. The summed E-state index contributed by atoms with van der Waals surface area (Å²) in [7, 11) is 0. The Hall–Kier alpha value is -3.32. The van der Waals surface area contributed by atoms with Crippen molar-refractivity contribution in [3.8, 4) is 0 Å². The summed E-state index contributed by atoms with van der Waals surface area (Å²) in [6.45, 7) is 0.681. The molecule has 0 aromatic heterocycles. The molecule has 0 heterocycles. The van der Waals surface area contributed by atoms with Crippen molar-refractivity contribution < 1.29 is 13.6 Å². The van der Waals surface area contributed by atoms with Crippen molar-refractivity contribution >= 4 is 34.6 Å². The first-order chi connectivity index (χ1) is 14.5. The van der Waals surface area contributed by atoms with Crippen LogP contribution in [0.4, 0.5) is 20.2 Å². The minimum Gasteiger partial charge on any atom is -0.362 e. The number of nitrogens with one attached hydrogen (secondary N) is 3. The van der Waals surface area contributed by atoms with E-state index in [1.807, 2.05) is 0 Å². The van der Waals surface area contributed by atoms with Crippen LogP contribution in [0.3, 0.4) is 0 Å². The molecule has 0 saturated heterocycles. The lowest BCUT2D eigenvalue weighted by Crippen LogP contribution is -2.29. The summed E-state index contributed by atoms with van der Waals surface area (Å²) in [6.07, 6.45) is 1.68. The second-order valence-electron chi connectivity index (χ2n) is 6.62. The van der Waals surface area contributed by atoms with Crippen molar-refractivity contribution in [2.45, 2.75) is 12.8 Å². The summed E-state index contributed by atoms with van der Waals surface area (Å²) in [6, 6.07) is 19.2. The Balaban J connectivity index is 1.42. The number of amides is 1. The lowest BCUT2D eigenvalue weighted by atomic mass is 10.1. The van der Waals surface area contributed by atoms with Crippen LogP contribution in [0, 0.1) is 11.6 Å². The van der Waals surface area contributed by atoms with Gasteiger partial charge in [0, 0.05) is 17.9 Å². The fourth-order valence-corrected chi connectivity index (χ4v) is 3.02. The molecule has 0 aliphatic rings. The highest BCUT2D eigenvalue weighted by Crippen LogP contribution is 2.16. The van der Waals surface area contributed by atoms with E-state index >= 15 is 0 Å². The van der Waals surface area contributed by atoms with Gasteiger partial charge in [-0.25, -0.2) is 8.78 Å². The number of anilines is 2. The maximum atomic E-state index is 13.7. The molecule has 0 aliphatic heterocycles. The lowest BCUT2D eigenvalue weighted by molar-refractivity contribution is 0.102. The third-order valence-electron chi connectivity index (χ3n) is 4.36. The van der Waals surface area contributed by atoms with Gasteiger partial charge in [0.25, 0.3) is 5.91 Å². The predicted octanol–water partition coefficient (Wildman–Crippen LogP) is 5.14. The van der Waals surface area contributed by atoms with Gasteiger partial charge in [-0.2, -0.15) is 0 Å². The monoisotopic (exact) mass is 425 g/mol. The van der Waals surface area contributed by atoms with Gasteiger partial charge in [-0.1, -0.05) is 24.3 Å². The normalized spacial score (nSPS) is 10.3. The van der Waals surface area contributed by atoms with Crippen LogP contribution in [0.15, 0.2) is 72.8 Å². The molecular weight excluding hydrogens is 404 g/mol. The highest BCUT2D eigenvalue weighted by atomic mass is 32.1. The Labute approximate surface area is 179 Å². The summed E-state index contributed by atoms with van der Waals surface area (Å²) in [4.78, 5) is 12.1. The molecule has 3 aromatic carbocycles. The number of halogens is 2. The van der Waals surface area contributed by atoms with Crippen LogP contribution in [0.5, 0.6) is 0 Å². The molecule has 154 valence electrons. The third-order valence-corrected chi connectivity index (χ3v) is 4.61. The number of hydrogen-bond acceptors (Lipinski definition) is 2. The van der Waals surface area contributed by atoms with E-state index in [4.69, 9.17) is 12.2 Å². The first-order valence-electron chi connectivity index (χ1n) is 9.46. The summed E-state index contributed by atoms with van der Waals surface area (Å²) < 4.78 is 26.6. The summed E-state index contributed by atoms with van der Waals surface area (Å²) >= 11 is 5.28. The minimum atomic E-state index is -0.566. The number of benzene rings is 3. The molecule has 0 unspecified atom stereocenters. The fourth-order valence-electron chi connectivity index (χ4n) is 2.80. The second kappa shape index (κ2) is 10.5. The first kappa shape index (κ1) is 21.4. The van der Waals surface area contributed by atoms with E-state index in [1.165, 1.54) is 30.3 Å². The molecule has 0 spiro atoms. The quantitative estimate of drug-likeness (QED) is 0.363. The molecule has 0 saturated carbocycles. The number of rotatable bonds is 7. The van der Waals surface area contributed by atoms with Gasteiger partial charge in [-0.05, 0) is 79.2 Å². The van der Waals surface area contributed by atoms with E-state index in [2.05, 4.69) is 16.0 Å². The molecule has 3 rings (SSSR count). The molecule has 3 N–H and O–H groups in total. The highest BCUT2D eigenvalue weighted by Gasteiger charge is 2.10. The molecule has 0 atom stereocenters. The Morgan fingerprint density at radius 2 is 1.47 bits per heavy atom. The molecule has 7 heteroatoms. The van der Waals surface area contributed by atoms with Gasteiger partial charge in [0.15, 0.2) is 5.11 Å². The van der Waals surface area contributed by atoms with Crippen LogP contribution in [0.25, 0.3) is 0 Å². The van der Waals surface area contributed by atoms with Crippen molar-refractivity contribution in [3.63, 3.8) is 0 Å². The van der Waals surface area contributed by atoms with Gasteiger partial charge < -0.3 is 16.0 Å². The SMILES string of the molecule is O=C(Nc1ccc(NC(=S)NCCCc2ccc(F)cc2)cc1)c1ccccc1F. The van der Waals surface area contributed by atoms with E-state index in [0.717, 1.165) is 24.1 Å². The number of hydrogen-bond donors (Lipinski definition) is 3. The van der Waals surface area contributed by atoms with E-state index in [0.29, 0.717) is 17.3 Å². The van der Waals surface area contributed by atoms with Crippen LogP contribution >= 0.6 is 12.2 Å². The predicted molar refractivity (Wildman–Crippen MR) is 120 cm³/mol. The first-order valence-corrected chi connectivity index (χ1v) is 9.87. The fraction of sp³-hybridized carbons (Fsp3) is 0.130. The standard InChI is InChI=1S/C23H21F2N3OS/c24-17-9-7-16(8-10-17)4-3-15-26-23(30)28-19-13-11-18(12-14-19)27-22(29)20-5-1-2-6-21(20)25/h1-2,5-14H,3-4,15H2,(H,27,29)(H2,26,28,30). The van der Waals surface area contributed by atoms with Crippen LogP contribution in [0.2, 0.25) is 0 Å². The van der Waals surface area contributed by atoms with Crippen LogP contribution in [0.1, 0.15) is 22.3 Å². The van der Waals surface area contributed by atoms with Gasteiger partial charge >= 0.3 is 0 Å². The molecule has 0 fully saturated rings.